The van der Waals surface area contributed by atoms with Gasteiger partial charge in [-0.05, 0) is 24.5 Å². The molecule has 0 unspecified atom stereocenters. The molecule has 0 bridgehead atoms. The van der Waals surface area contributed by atoms with E-state index in [1.54, 1.807) is 12.1 Å². The van der Waals surface area contributed by atoms with Crippen LogP contribution in [0.15, 0.2) is 18.2 Å². The van der Waals surface area contributed by atoms with Crippen molar-refractivity contribution in [3.63, 3.8) is 0 Å². The van der Waals surface area contributed by atoms with E-state index in [-0.39, 0.29) is 11.1 Å². The van der Waals surface area contributed by atoms with Crippen LogP contribution in [-0.4, -0.2) is 27.6 Å². The van der Waals surface area contributed by atoms with Crippen LogP contribution < -0.4 is 0 Å². The van der Waals surface area contributed by atoms with E-state index in [2.05, 4.69) is 6.92 Å². The molecule has 1 aliphatic rings. The molecule has 0 fully saturated rings. The quantitative estimate of drug-likeness (QED) is 0.482. The van der Waals surface area contributed by atoms with Crippen molar-refractivity contribution in [1.29, 1.82) is 0 Å². The largest absolute Gasteiger partial charge is 0.353 e. The number of ketones is 2. The monoisotopic (exact) mass is 262 g/mol. The average molecular weight is 262 g/mol. The molecule has 2 rings (SSSR count). The Morgan fingerprint density at radius 3 is 2.37 bits per heavy atom. The van der Waals surface area contributed by atoms with Gasteiger partial charge in [-0.1, -0.05) is 38.3 Å². The van der Waals surface area contributed by atoms with E-state index >= 15 is 0 Å². The fourth-order valence-corrected chi connectivity index (χ4v) is 2.37. The Balaban J connectivity index is 2.16. The SMILES string of the molecule is CCCCCCc1ccc2c(c1)C(=O)C(O)(O)C2=O. The first-order valence-corrected chi connectivity index (χ1v) is 6.65. The molecule has 4 heteroatoms. The zero-order chi connectivity index (χ0) is 14.0. The minimum Gasteiger partial charge on any atom is -0.353 e. The number of carbonyl (C=O) groups excluding carboxylic acids is 2. The van der Waals surface area contributed by atoms with Crippen LogP contribution in [0.5, 0.6) is 0 Å². The molecular formula is C15H18O4. The van der Waals surface area contributed by atoms with Crippen molar-refractivity contribution in [3.05, 3.63) is 34.9 Å². The van der Waals surface area contributed by atoms with E-state index in [9.17, 15) is 19.8 Å². The van der Waals surface area contributed by atoms with Gasteiger partial charge in [0.1, 0.15) is 0 Å². The van der Waals surface area contributed by atoms with Crippen molar-refractivity contribution in [2.75, 3.05) is 0 Å². The molecule has 0 amide bonds. The van der Waals surface area contributed by atoms with Crippen LogP contribution in [-0.2, 0) is 6.42 Å². The van der Waals surface area contributed by atoms with Crippen LogP contribution in [0.25, 0.3) is 0 Å². The lowest BCUT2D eigenvalue weighted by atomic mass is 10.0. The topological polar surface area (TPSA) is 74.6 Å². The highest BCUT2D eigenvalue weighted by Crippen LogP contribution is 2.29. The first-order valence-electron chi connectivity index (χ1n) is 6.65. The number of aryl methyl sites for hydroxylation is 1. The van der Waals surface area contributed by atoms with Crippen molar-refractivity contribution in [2.24, 2.45) is 0 Å². The summed E-state index contributed by atoms with van der Waals surface area (Å²) in [5.41, 5.74) is 1.18. The summed E-state index contributed by atoms with van der Waals surface area (Å²) < 4.78 is 0. The van der Waals surface area contributed by atoms with E-state index in [0.717, 1.165) is 31.2 Å². The fourth-order valence-electron chi connectivity index (χ4n) is 2.37. The molecule has 1 aromatic rings. The molecule has 0 saturated heterocycles. The van der Waals surface area contributed by atoms with Gasteiger partial charge in [0, 0.05) is 11.1 Å². The summed E-state index contributed by atoms with van der Waals surface area (Å²) in [6.07, 6.45) is 5.33. The molecule has 1 aromatic carbocycles. The smallest absolute Gasteiger partial charge is 0.295 e. The van der Waals surface area contributed by atoms with Crippen molar-refractivity contribution < 1.29 is 19.8 Å². The van der Waals surface area contributed by atoms with Gasteiger partial charge in [-0.2, -0.15) is 0 Å². The molecular weight excluding hydrogens is 244 g/mol. The van der Waals surface area contributed by atoms with E-state index in [0.29, 0.717) is 0 Å². The molecule has 0 heterocycles. The van der Waals surface area contributed by atoms with Crippen molar-refractivity contribution in [1.82, 2.24) is 0 Å². The summed E-state index contributed by atoms with van der Waals surface area (Å²) in [4.78, 5) is 23.4. The highest BCUT2D eigenvalue weighted by atomic mass is 16.5. The summed E-state index contributed by atoms with van der Waals surface area (Å²) >= 11 is 0. The fraction of sp³-hybridized carbons (Fsp3) is 0.467. The summed E-state index contributed by atoms with van der Waals surface area (Å²) in [5, 5.41) is 18.9. The van der Waals surface area contributed by atoms with E-state index in [4.69, 9.17) is 0 Å². The minimum atomic E-state index is -2.87. The van der Waals surface area contributed by atoms with Gasteiger partial charge < -0.3 is 10.2 Å². The van der Waals surface area contributed by atoms with Crippen LogP contribution in [0.3, 0.4) is 0 Å². The molecule has 0 aliphatic heterocycles. The van der Waals surface area contributed by atoms with Crippen LogP contribution >= 0.6 is 0 Å². The number of benzene rings is 1. The van der Waals surface area contributed by atoms with Crippen LogP contribution in [0, 0.1) is 0 Å². The summed E-state index contributed by atoms with van der Waals surface area (Å²) in [6, 6.07) is 4.89. The van der Waals surface area contributed by atoms with E-state index in [1.165, 1.54) is 12.5 Å². The van der Waals surface area contributed by atoms with Gasteiger partial charge in [-0.3, -0.25) is 9.59 Å². The second kappa shape index (κ2) is 5.23. The Morgan fingerprint density at radius 2 is 1.68 bits per heavy atom. The first kappa shape index (κ1) is 13.9. The molecule has 0 atom stereocenters. The van der Waals surface area contributed by atoms with Crippen molar-refractivity contribution in [3.8, 4) is 0 Å². The van der Waals surface area contributed by atoms with Gasteiger partial charge in [0.2, 0.25) is 11.6 Å². The zero-order valence-corrected chi connectivity index (χ0v) is 11.0. The van der Waals surface area contributed by atoms with Crippen LogP contribution in [0.4, 0.5) is 0 Å². The van der Waals surface area contributed by atoms with E-state index < -0.39 is 17.4 Å². The van der Waals surface area contributed by atoms with Gasteiger partial charge in [0.05, 0.1) is 0 Å². The summed E-state index contributed by atoms with van der Waals surface area (Å²) in [6.45, 7) is 2.14. The predicted octanol–water partition coefficient (Wildman–Crippen LogP) is 1.87. The number of hydrogen-bond acceptors (Lipinski definition) is 4. The Labute approximate surface area is 112 Å². The Kier molecular flexibility index (Phi) is 3.83. The Morgan fingerprint density at radius 1 is 1.00 bits per heavy atom. The molecule has 4 nitrogen and oxygen atoms in total. The van der Waals surface area contributed by atoms with Gasteiger partial charge in [-0.15, -0.1) is 0 Å². The zero-order valence-electron chi connectivity index (χ0n) is 11.0. The molecule has 1 aliphatic carbocycles. The normalized spacial score (nSPS) is 16.8. The summed E-state index contributed by atoms with van der Waals surface area (Å²) in [5.74, 6) is -4.71. The third kappa shape index (κ3) is 2.46. The van der Waals surface area contributed by atoms with Gasteiger partial charge >= 0.3 is 0 Å². The van der Waals surface area contributed by atoms with E-state index in [1.807, 2.05) is 0 Å². The highest BCUT2D eigenvalue weighted by Gasteiger charge is 2.50. The second-order valence-electron chi connectivity index (χ2n) is 5.02. The van der Waals surface area contributed by atoms with Crippen LogP contribution in [0.2, 0.25) is 0 Å². The molecule has 0 aromatic heterocycles. The lowest BCUT2D eigenvalue weighted by Gasteiger charge is -2.08. The third-order valence-electron chi connectivity index (χ3n) is 3.53. The number of rotatable bonds is 5. The lowest BCUT2D eigenvalue weighted by molar-refractivity contribution is -0.0857. The number of Topliss-reactive ketones (excluding diaryl/α,β-unsaturated/α-hetero) is 2. The standard InChI is InChI=1S/C15H18O4/c1-2-3-4-5-6-10-7-8-11-12(9-10)14(17)15(18,19)13(11)16/h7-9,18-19H,2-6H2,1H3. The Bertz CT molecular complexity index is 517. The van der Waals surface area contributed by atoms with Crippen molar-refractivity contribution in [2.45, 2.75) is 44.8 Å². The number of aliphatic hydroxyl groups is 2. The number of unbranched alkanes of at least 4 members (excludes halogenated alkanes) is 3. The molecule has 0 spiro atoms. The Hall–Kier alpha value is -1.52. The second-order valence-corrected chi connectivity index (χ2v) is 5.02. The van der Waals surface area contributed by atoms with Crippen molar-refractivity contribution >= 4 is 11.6 Å². The first-order chi connectivity index (χ1) is 8.98. The van der Waals surface area contributed by atoms with Gasteiger partial charge in [0.25, 0.3) is 5.79 Å². The summed E-state index contributed by atoms with van der Waals surface area (Å²) in [7, 11) is 0. The van der Waals surface area contributed by atoms with Crippen LogP contribution in [0.1, 0.15) is 58.9 Å². The third-order valence-corrected chi connectivity index (χ3v) is 3.53. The number of hydrogen-bond donors (Lipinski definition) is 2. The molecule has 19 heavy (non-hydrogen) atoms. The molecule has 0 saturated carbocycles. The highest BCUT2D eigenvalue weighted by molar-refractivity contribution is 6.30. The lowest BCUT2D eigenvalue weighted by Crippen LogP contribution is -2.40. The van der Waals surface area contributed by atoms with Gasteiger partial charge in [0.15, 0.2) is 0 Å². The number of carbonyl (C=O) groups is 2. The minimum absolute atomic E-state index is 0.104. The number of fused-ring (bicyclic) bond motifs is 1. The van der Waals surface area contributed by atoms with Gasteiger partial charge in [-0.25, -0.2) is 0 Å². The average Bonchev–Trinajstić information content (AvgIpc) is 2.57. The maximum absolute atomic E-state index is 11.7. The maximum Gasteiger partial charge on any atom is 0.295 e. The predicted molar refractivity (Wildman–Crippen MR) is 70.1 cm³/mol. The maximum atomic E-state index is 11.7. The molecule has 2 N–H and O–H groups in total. The molecule has 0 radical (unpaired) electrons. The molecule has 102 valence electrons.